The maximum atomic E-state index is 5.70. The Morgan fingerprint density at radius 2 is 2.15 bits per heavy atom. The van der Waals surface area contributed by atoms with Crippen LogP contribution < -0.4 is 10.1 Å². The average molecular weight is 177 g/mol. The molecule has 0 atom stereocenters. The SMILES string of the molecule is Cc1ccc2c(c1C)OCCNC2. The third-order valence-electron chi connectivity index (χ3n) is 2.60. The van der Waals surface area contributed by atoms with Gasteiger partial charge in [-0.3, -0.25) is 0 Å². The summed E-state index contributed by atoms with van der Waals surface area (Å²) in [7, 11) is 0. The maximum absolute atomic E-state index is 5.70. The molecule has 2 nitrogen and oxygen atoms in total. The summed E-state index contributed by atoms with van der Waals surface area (Å²) in [5, 5.41) is 3.33. The van der Waals surface area contributed by atoms with E-state index in [1.165, 1.54) is 16.7 Å². The molecule has 1 aromatic carbocycles. The van der Waals surface area contributed by atoms with E-state index in [0.29, 0.717) is 0 Å². The molecule has 1 aliphatic rings. The number of hydrogen-bond acceptors (Lipinski definition) is 2. The zero-order valence-corrected chi connectivity index (χ0v) is 8.18. The molecule has 1 heterocycles. The van der Waals surface area contributed by atoms with Gasteiger partial charge in [0.25, 0.3) is 0 Å². The van der Waals surface area contributed by atoms with Gasteiger partial charge in [0.15, 0.2) is 0 Å². The van der Waals surface area contributed by atoms with Gasteiger partial charge in [-0.15, -0.1) is 0 Å². The second-order valence-electron chi connectivity index (χ2n) is 3.52. The van der Waals surface area contributed by atoms with Crippen LogP contribution in [0.3, 0.4) is 0 Å². The maximum Gasteiger partial charge on any atom is 0.127 e. The lowest BCUT2D eigenvalue weighted by Crippen LogP contribution is -2.16. The normalized spacial score (nSPS) is 15.8. The highest BCUT2D eigenvalue weighted by Crippen LogP contribution is 2.27. The fraction of sp³-hybridized carbons (Fsp3) is 0.455. The molecule has 13 heavy (non-hydrogen) atoms. The minimum Gasteiger partial charge on any atom is -0.492 e. The van der Waals surface area contributed by atoms with Crippen molar-refractivity contribution in [1.29, 1.82) is 0 Å². The van der Waals surface area contributed by atoms with Crippen LogP contribution in [0.5, 0.6) is 5.75 Å². The van der Waals surface area contributed by atoms with E-state index in [9.17, 15) is 0 Å². The van der Waals surface area contributed by atoms with Gasteiger partial charge in [-0.2, -0.15) is 0 Å². The Hall–Kier alpha value is -1.02. The topological polar surface area (TPSA) is 21.3 Å². The fourth-order valence-electron chi connectivity index (χ4n) is 1.63. The predicted molar refractivity (Wildman–Crippen MR) is 53.1 cm³/mol. The van der Waals surface area contributed by atoms with Crippen LogP contribution in [0.1, 0.15) is 16.7 Å². The standard InChI is InChI=1S/C11H15NO/c1-8-3-4-10-7-12-5-6-13-11(10)9(8)2/h3-4,12H,5-7H2,1-2H3. The second kappa shape index (κ2) is 3.38. The molecule has 0 fully saturated rings. The summed E-state index contributed by atoms with van der Waals surface area (Å²) in [6.45, 7) is 6.89. The molecule has 0 bridgehead atoms. The summed E-state index contributed by atoms with van der Waals surface area (Å²) >= 11 is 0. The van der Waals surface area contributed by atoms with Crippen LogP contribution in [0.2, 0.25) is 0 Å². The monoisotopic (exact) mass is 177 g/mol. The number of aryl methyl sites for hydroxylation is 1. The first-order valence-electron chi connectivity index (χ1n) is 4.71. The van der Waals surface area contributed by atoms with Gasteiger partial charge in [0.1, 0.15) is 12.4 Å². The molecule has 2 rings (SSSR count). The van der Waals surface area contributed by atoms with Crippen LogP contribution in [0, 0.1) is 13.8 Å². The van der Waals surface area contributed by atoms with E-state index in [-0.39, 0.29) is 0 Å². The Balaban J connectivity index is 2.48. The number of rotatable bonds is 0. The van der Waals surface area contributed by atoms with Crippen LogP contribution in [-0.2, 0) is 6.54 Å². The third kappa shape index (κ3) is 1.54. The Bertz CT molecular complexity index is 320. The number of fused-ring (bicyclic) bond motifs is 1. The van der Waals surface area contributed by atoms with E-state index >= 15 is 0 Å². The van der Waals surface area contributed by atoms with Crippen molar-refractivity contribution in [3.05, 3.63) is 28.8 Å². The highest BCUT2D eigenvalue weighted by atomic mass is 16.5. The number of hydrogen-bond donors (Lipinski definition) is 1. The van der Waals surface area contributed by atoms with Crippen molar-refractivity contribution < 1.29 is 4.74 Å². The van der Waals surface area contributed by atoms with Crippen molar-refractivity contribution in [2.75, 3.05) is 13.2 Å². The van der Waals surface area contributed by atoms with Crippen LogP contribution in [0.15, 0.2) is 12.1 Å². The summed E-state index contributed by atoms with van der Waals surface area (Å²) in [5.41, 5.74) is 3.86. The lowest BCUT2D eigenvalue weighted by atomic mass is 10.0. The van der Waals surface area contributed by atoms with Gasteiger partial charge in [-0.1, -0.05) is 12.1 Å². The Morgan fingerprint density at radius 1 is 1.31 bits per heavy atom. The molecule has 1 N–H and O–H groups in total. The molecule has 0 saturated heterocycles. The van der Waals surface area contributed by atoms with E-state index in [0.717, 1.165) is 25.4 Å². The lowest BCUT2D eigenvalue weighted by Gasteiger charge is -2.11. The Labute approximate surface area is 78.9 Å². The molecule has 0 spiro atoms. The Morgan fingerprint density at radius 3 is 3.00 bits per heavy atom. The third-order valence-corrected chi connectivity index (χ3v) is 2.60. The van der Waals surface area contributed by atoms with Gasteiger partial charge in [0.05, 0.1) is 0 Å². The number of benzene rings is 1. The zero-order chi connectivity index (χ0) is 9.26. The van der Waals surface area contributed by atoms with E-state index in [1.54, 1.807) is 0 Å². The summed E-state index contributed by atoms with van der Waals surface area (Å²) in [6.07, 6.45) is 0. The number of ether oxygens (including phenoxy) is 1. The first-order chi connectivity index (χ1) is 6.29. The largest absolute Gasteiger partial charge is 0.492 e. The fourth-order valence-corrected chi connectivity index (χ4v) is 1.63. The summed E-state index contributed by atoms with van der Waals surface area (Å²) in [4.78, 5) is 0. The molecule has 1 aromatic rings. The van der Waals surface area contributed by atoms with Gasteiger partial charge in [-0.05, 0) is 25.0 Å². The van der Waals surface area contributed by atoms with E-state index in [2.05, 4.69) is 31.3 Å². The van der Waals surface area contributed by atoms with Gasteiger partial charge in [0, 0.05) is 18.7 Å². The van der Waals surface area contributed by atoms with Gasteiger partial charge >= 0.3 is 0 Å². The minimum absolute atomic E-state index is 0.775. The minimum atomic E-state index is 0.775. The summed E-state index contributed by atoms with van der Waals surface area (Å²) < 4.78 is 5.70. The molecule has 70 valence electrons. The molecular formula is C11H15NO. The van der Waals surface area contributed by atoms with Crippen LogP contribution >= 0.6 is 0 Å². The molecule has 0 aliphatic carbocycles. The van der Waals surface area contributed by atoms with Crippen molar-refractivity contribution in [3.63, 3.8) is 0 Å². The summed E-state index contributed by atoms with van der Waals surface area (Å²) in [5.74, 6) is 1.09. The molecule has 0 unspecified atom stereocenters. The molecule has 0 amide bonds. The van der Waals surface area contributed by atoms with Crippen molar-refractivity contribution in [2.24, 2.45) is 0 Å². The predicted octanol–water partition coefficient (Wildman–Crippen LogP) is 1.79. The van der Waals surface area contributed by atoms with Gasteiger partial charge < -0.3 is 10.1 Å². The molecule has 0 aromatic heterocycles. The van der Waals surface area contributed by atoms with Crippen molar-refractivity contribution in [2.45, 2.75) is 20.4 Å². The Kier molecular flexibility index (Phi) is 2.23. The van der Waals surface area contributed by atoms with Gasteiger partial charge in [-0.25, -0.2) is 0 Å². The highest BCUT2D eigenvalue weighted by molar-refractivity contribution is 5.45. The van der Waals surface area contributed by atoms with Crippen LogP contribution in [0.4, 0.5) is 0 Å². The quantitative estimate of drug-likeness (QED) is 0.652. The van der Waals surface area contributed by atoms with Crippen LogP contribution in [-0.4, -0.2) is 13.2 Å². The summed E-state index contributed by atoms with van der Waals surface area (Å²) in [6, 6.07) is 4.31. The van der Waals surface area contributed by atoms with Gasteiger partial charge in [0.2, 0.25) is 0 Å². The first kappa shape index (κ1) is 8.57. The van der Waals surface area contributed by atoms with E-state index in [4.69, 9.17) is 4.74 Å². The number of nitrogens with one attached hydrogen (secondary N) is 1. The molecule has 1 aliphatic heterocycles. The smallest absolute Gasteiger partial charge is 0.127 e. The zero-order valence-electron chi connectivity index (χ0n) is 8.18. The first-order valence-corrected chi connectivity index (χ1v) is 4.71. The molecule has 0 radical (unpaired) electrons. The molecular weight excluding hydrogens is 162 g/mol. The average Bonchev–Trinajstić information content (AvgIpc) is 2.36. The van der Waals surface area contributed by atoms with Crippen molar-refractivity contribution >= 4 is 0 Å². The van der Waals surface area contributed by atoms with Crippen molar-refractivity contribution in [1.82, 2.24) is 5.32 Å². The lowest BCUT2D eigenvalue weighted by molar-refractivity contribution is 0.323. The van der Waals surface area contributed by atoms with E-state index in [1.807, 2.05) is 0 Å². The van der Waals surface area contributed by atoms with E-state index < -0.39 is 0 Å². The molecule has 0 saturated carbocycles. The van der Waals surface area contributed by atoms with Crippen LogP contribution in [0.25, 0.3) is 0 Å². The highest BCUT2D eigenvalue weighted by Gasteiger charge is 2.11. The van der Waals surface area contributed by atoms with Crippen molar-refractivity contribution in [3.8, 4) is 5.75 Å². The molecule has 2 heteroatoms. The second-order valence-corrected chi connectivity index (χ2v) is 3.52.